The Morgan fingerprint density at radius 3 is 2.16 bits per heavy atom. The SMILES string of the molecule is COc1cccc2c1CN(CCC(=O)N(Cc1ccccc1)Cc1ccccc1)CC2. The second kappa shape index (κ2) is 10.3. The normalized spacial score (nSPS) is 13.5. The van der Waals surface area contributed by atoms with E-state index in [1.165, 1.54) is 11.1 Å². The second-order valence-electron chi connectivity index (χ2n) is 8.10. The van der Waals surface area contributed by atoms with E-state index >= 15 is 0 Å². The molecular weight excluding hydrogens is 384 g/mol. The van der Waals surface area contributed by atoms with Gasteiger partial charge in [-0.2, -0.15) is 0 Å². The number of fused-ring (bicyclic) bond motifs is 1. The van der Waals surface area contributed by atoms with Crippen LogP contribution in [0.5, 0.6) is 5.75 Å². The Morgan fingerprint density at radius 1 is 0.903 bits per heavy atom. The number of rotatable bonds is 8. The minimum absolute atomic E-state index is 0.193. The van der Waals surface area contributed by atoms with Crippen LogP contribution in [0.2, 0.25) is 0 Å². The van der Waals surface area contributed by atoms with Gasteiger partial charge in [0.25, 0.3) is 0 Å². The van der Waals surface area contributed by atoms with E-state index in [1.54, 1.807) is 7.11 Å². The van der Waals surface area contributed by atoms with Crippen molar-refractivity contribution in [1.29, 1.82) is 0 Å². The molecule has 4 nitrogen and oxygen atoms in total. The number of carbonyl (C=O) groups excluding carboxylic acids is 1. The van der Waals surface area contributed by atoms with E-state index < -0.39 is 0 Å². The molecule has 4 rings (SSSR count). The Balaban J connectivity index is 1.41. The lowest BCUT2D eigenvalue weighted by Crippen LogP contribution is -2.36. The number of benzene rings is 3. The van der Waals surface area contributed by atoms with Crippen molar-refractivity contribution in [3.63, 3.8) is 0 Å². The first kappa shape index (κ1) is 21.1. The number of amides is 1. The van der Waals surface area contributed by atoms with Crippen LogP contribution in [0.15, 0.2) is 78.9 Å². The molecule has 1 aliphatic heterocycles. The summed E-state index contributed by atoms with van der Waals surface area (Å²) in [5, 5.41) is 0. The van der Waals surface area contributed by atoms with Crippen LogP contribution in [0.25, 0.3) is 0 Å². The fourth-order valence-corrected chi connectivity index (χ4v) is 4.24. The van der Waals surface area contributed by atoms with E-state index in [1.807, 2.05) is 47.4 Å². The van der Waals surface area contributed by atoms with Crippen molar-refractivity contribution in [3.05, 3.63) is 101 Å². The van der Waals surface area contributed by atoms with Gasteiger partial charge < -0.3 is 9.64 Å². The molecule has 0 bridgehead atoms. The average molecular weight is 415 g/mol. The smallest absolute Gasteiger partial charge is 0.224 e. The van der Waals surface area contributed by atoms with E-state index in [0.29, 0.717) is 19.5 Å². The van der Waals surface area contributed by atoms with Crippen molar-refractivity contribution in [3.8, 4) is 5.75 Å². The summed E-state index contributed by atoms with van der Waals surface area (Å²) in [7, 11) is 1.73. The van der Waals surface area contributed by atoms with Gasteiger partial charge in [0.1, 0.15) is 5.75 Å². The third kappa shape index (κ3) is 5.53. The molecule has 160 valence electrons. The van der Waals surface area contributed by atoms with Gasteiger partial charge in [-0.25, -0.2) is 0 Å². The lowest BCUT2D eigenvalue weighted by molar-refractivity contribution is -0.132. The molecule has 3 aromatic rings. The Labute approximate surface area is 185 Å². The monoisotopic (exact) mass is 414 g/mol. The zero-order valence-electron chi connectivity index (χ0n) is 18.2. The Hall–Kier alpha value is -3.11. The van der Waals surface area contributed by atoms with Crippen molar-refractivity contribution in [2.24, 2.45) is 0 Å². The predicted octanol–water partition coefficient (Wildman–Crippen LogP) is 4.67. The van der Waals surface area contributed by atoms with Crippen molar-refractivity contribution < 1.29 is 9.53 Å². The molecule has 0 saturated carbocycles. The molecule has 4 heteroatoms. The van der Waals surface area contributed by atoms with Gasteiger partial charge in [0, 0.05) is 44.7 Å². The lowest BCUT2D eigenvalue weighted by Gasteiger charge is -2.30. The first-order valence-electron chi connectivity index (χ1n) is 11.0. The summed E-state index contributed by atoms with van der Waals surface area (Å²) >= 11 is 0. The minimum atomic E-state index is 0.193. The Kier molecular flexibility index (Phi) is 7.00. The van der Waals surface area contributed by atoms with Crippen molar-refractivity contribution in [1.82, 2.24) is 9.80 Å². The molecule has 0 aliphatic carbocycles. The number of methoxy groups -OCH3 is 1. The van der Waals surface area contributed by atoms with Crippen molar-refractivity contribution in [2.75, 3.05) is 20.2 Å². The van der Waals surface area contributed by atoms with Crippen LogP contribution in [-0.2, 0) is 30.8 Å². The van der Waals surface area contributed by atoms with Crippen LogP contribution in [0.4, 0.5) is 0 Å². The number of nitrogens with zero attached hydrogens (tertiary/aromatic N) is 2. The molecule has 1 aliphatic rings. The molecule has 0 saturated heterocycles. The van der Waals surface area contributed by atoms with Gasteiger partial charge in [-0.3, -0.25) is 9.69 Å². The van der Waals surface area contributed by atoms with Gasteiger partial charge in [-0.05, 0) is 29.2 Å². The summed E-state index contributed by atoms with van der Waals surface area (Å²) in [5.41, 5.74) is 4.93. The van der Waals surface area contributed by atoms with Crippen LogP contribution >= 0.6 is 0 Å². The summed E-state index contributed by atoms with van der Waals surface area (Å²) in [6, 6.07) is 26.7. The number of hydrogen-bond acceptors (Lipinski definition) is 3. The Morgan fingerprint density at radius 2 is 1.55 bits per heavy atom. The molecule has 31 heavy (non-hydrogen) atoms. The summed E-state index contributed by atoms with van der Waals surface area (Å²) in [6.45, 7) is 3.83. The highest BCUT2D eigenvalue weighted by Crippen LogP contribution is 2.28. The van der Waals surface area contributed by atoms with E-state index in [2.05, 4.69) is 41.3 Å². The van der Waals surface area contributed by atoms with Crippen molar-refractivity contribution in [2.45, 2.75) is 32.5 Å². The van der Waals surface area contributed by atoms with E-state index in [-0.39, 0.29) is 5.91 Å². The lowest BCUT2D eigenvalue weighted by atomic mass is 9.98. The molecule has 1 amide bonds. The summed E-state index contributed by atoms with van der Waals surface area (Å²) in [6.07, 6.45) is 1.52. The molecular formula is C27H30N2O2. The molecule has 0 aromatic heterocycles. The van der Waals surface area contributed by atoms with E-state index in [0.717, 1.165) is 42.9 Å². The van der Waals surface area contributed by atoms with Crippen LogP contribution < -0.4 is 4.74 Å². The predicted molar refractivity (Wildman–Crippen MR) is 124 cm³/mol. The maximum atomic E-state index is 13.2. The van der Waals surface area contributed by atoms with Crippen LogP contribution in [-0.4, -0.2) is 35.9 Å². The zero-order chi connectivity index (χ0) is 21.5. The highest BCUT2D eigenvalue weighted by Gasteiger charge is 2.21. The number of ether oxygens (including phenoxy) is 1. The highest BCUT2D eigenvalue weighted by molar-refractivity contribution is 5.76. The number of carbonyl (C=O) groups is 1. The first-order chi connectivity index (χ1) is 15.2. The van der Waals surface area contributed by atoms with Crippen LogP contribution in [0.3, 0.4) is 0 Å². The molecule has 1 heterocycles. The fourth-order valence-electron chi connectivity index (χ4n) is 4.24. The van der Waals surface area contributed by atoms with Gasteiger partial charge in [-0.15, -0.1) is 0 Å². The fraction of sp³-hybridized carbons (Fsp3) is 0.296. The molecule has 0 N–H and O–H groups in total. The minimum Gasteiger partial charge on any atom is -0.496 e. The third-order valence-corrected chi connectivity index (χ3v) is 5.96. The first-order valence-corrected chi connectivity index (χ1v) is 11.0. The van der Waals surface area contributed by atoms with Crippen LogP contribution in [0.1, 0.15) is 28.7 Å². The quantitative estimate of drug-likeness (QED) is 0.537. The van der Waals surface area contributed by atoms with Gasteiger partial charge in [0.15, 0.2) is 0 Å². The molecule has 3 aromatic carbocycles. The molecule has 0 unspecified atom stereocenters. The standard InChI is InChI=1S/C27H30N2O2/c1-31-26-14-8-13-24-15-17-28(21-25(24)26)18-16-27(30)29(19-22-9-4-2-5-10-22)20-23-11-6-3-7-12-23/h2-14H,15-21H2,1H3. The summed E-state index contributed by atoms with van der Waals surface area (Å²) in [4.78, 5) is 17.6. The van der Waals surface area contributed by atoms with Gasteiger partial charge >= 0.3 is 0 Å². The maximum Gasteiger partial charge on any atom is 0.224 e. The summed E-state index contributed by atoms with van der Waals surface area (Å²) in [5.74, 6) is 1.14. The van der Waals surface area contributed by atoms with Gasteiger partial charge in [-0.1, -0.05) is 72.8 Å². The van der Waals surface area contributed by atoms with Crippen molar-refractivity contribution >= 4 is 5.91 Å². The summed E-state index contributed by atoms with van der Waals surface area (Å²) < 4.78 is 5.56. The highest BCUT2D eigenvalue weighted by atomic mass is 16.5. The largest absolute Gasteiger partial charge is 0.496 e. The van der Waals surface area contributed by atoms with Crippen LogP contribution in [0, 0.1) is 0 Å². The topological polar surface area (TPSA) is 32.8 Å². The maximum absolute atomic E-state index is 13.2. The average Bonchev–Trinajstić information content (AvgIpc) is 2.83. The molecule has 0 spiro atoms. The second-order valence-corrected chi connectivity index (χ2v) is 8.10. The zero-order valence-corrected chi connectivity index (χ0v) is 18.2. The number of hydrogen-bond donors (Lipinski definition) is 0. The molecule has 0 atom stereocenters. The molecule has 0 fully saturated rings. The third-order valence-electron chi connectivity index (χ3n) is 5.96. The van der Waals surface area contributed by atoms with E-state index in [9.17, 15) is 4.79 Å². The Bertz CT molecular complexity index is 933. The van der Waals surface area contributed by atoms with Gasteiger partial charge in [0.2, 0.25) is 5.91 Å². The van der Waals surface area contributed by atoms with E-state index in [4.69, 9.17) is 4.74 Å². The molecule has 0 radical (unpaired) electrons. The van der Waals surface area contributed by atoms with Gasteiger partial charge in [0.05, 0.1) is 7.11 Å².